The molecule has 16 heavy (non-hydrogen) atoms. The van der Waals surface area contributed by atoms with Crippen LogP contribution in [0.2, 0.25) is 0 Å². The second-order valence-corrected chi connectivity index (χ2v) is 4.15. The first kappa shape index (κ1) is 11.1. The van der Waals surface area contributed by atoms with Gasteiger partial charge in [0.25, 0.3) is 0 Å². The Balaban J connectivity index is 0.000000457. The van der Waals surface area contributed by atoms with E-state index < -0.39 is 0 Å². The third-order valence-electron chi connectivity index (χ3n) is 2.70. The van der Waals surface area contributed by atoms with Gasteiger partial charge in [-0.05, 0) is 32.8 Å². The van der Waals surface area contributed by atoms with E-state index in [1.54, 1.807) is 0 Å². The van der Waals surface area contributed by atoms with Crippen LogP contribution in [-0.2, 0) is 0 Å². The first-order chi connectivity index (χ1) is 7.74. The van der Waals surface area contributed by atoms with Crippen LogP contribution in [0.5, 0.6) is 0 Å². The summed E-state index contributed by atoms with van der Waals surface area (Å²) in [4.78, 5) is 4.47. The topological polar surface area (TPSA) is 30.2 Å². The molecule has 3 heteroatoms. The van der Waals surface area contributed by atoms with Gasteiger partial charge in [0.1, 0.15) is 0 Å². The molecule has 2 aromatic rings. The number of aromatic nitrogens is 3. The van der Waals surface area contributed by atoms with Gasteiger partial charge in [0, 0.05) is 23.4 Å². The van der Waals surface area contributed by atoms with Crippen molar-refractivity contribution in [3.8, 4) is 0 Å². The Morgan fingerprint density at radius 1 is 1.12 bits per heavy atom. The average molecular weight is 217 g/mol. The largest absolute Gasteiger partial charge is 0.234 e. The van der Waals surface area contributed by atoms with Crippen LogP contribution in [-0.4, -0.2) is 14.6 Å². The number of aryl methyl sites for hydroxylation is 2. The quantitative estimate of drug-likeness (QED) is 0.734. The van der Waals surface area contributed by atoms with Gasteiger partial charge < -0.3 is 0 Å². The van der Waals surface area contributed by atoms with Gasteiger partial charge in [-0.25, -0.2) is 9.50 Å². The minimum atomic E-state index is 0.721. The summed E-state index contributed by atoms with van der Waals surface area (Å²) in [6, 6.07) is 4.20. The van der Waals surface area contributed by atoms with Gasteiger partial charge in [-0.1, -0.05) is 13.8 Å². The highest BCUT2D eigenvalue weighted by atomic mass is 15.3. The lowest BCUT2D eigenvalue weighted by atomic mass is 10.2. The monoisotopic (exact) mass is 217 g/mol. The van der Waals surface area contributed by atoms with E-state index in [-0.39, 0.29) is 0 Å². The van der Waals surface area contributed by atoms with E-state index >= 15 is 0 Å². The van der Waals surface area contributed by atoms with Gasteiger partial charge in [-0.2, -0.15) is 5.10 Å². The van der Waals surface area contributed by atoms with Crippen molar-refractivity contribution in [3.05, 3.63) is 29.2 Å². The molecular weight excluding hydrogens is 198 g/mol. The maximum atomic E-state index is 4.47. The summed E-state index contributed by atoms with van der Waals surface area (Å²) in [5, 5.41) is 4.47. The van der Waals surface area contributed by atoms with E-state index in [2.05, 4.69) is 16.1 Å². The summed E-state index contributed by atoms with van der Waals surface area (Å²) in [7, 11) is 0. The van der Waals surface area contributed by atoms with Crippen LogP contribution in [0.4, 0.5) is 0 Å². The fourth-order valence-corrected chi connectivity index (χ4v) is 1.91. The second kappa shape index (κ2) is 4.24. The molecule has 0 aromatic carbocycles. The SMILES string of the molecule is CC.Cc1cc(C2CC2)n2nc(C)cc2n1. The molecule has 3 rings (SSSR count). The molecule has 2 heterocycles. The molecule has 0 spiro atoms. The second-order valence-electron chi connectivity index (χ2n) is 4.15. The third kappa shape index (κ3) is 1.94. The van der Waals surface area contributed by atoms with E-state index in [0.717, 1.165) is 23.0 Å². The molecule has 86 valence electrons. The molecular formula is C13H19N3. The van der Waals surface area contributed by atoms with Gasteiger partial charge in [-0.3, -0.25) is 0 Å². The summed E-state index contributed by atoms with van der Waals surface area (Å²) in [5.41, 5.74) is 4.47. The van der Waals surface area contributed by atoms with Crippen molar-refractivity contribution in [2.24, 2.45) is 0 Å². The minimum Gasteiger partial charge on any atom is -0.234 e. The Labute approximate surface area is 96.5 Å². The lowest BCUT2D eigenvalue weighted by Gasteiger charge is -2.03. The Kier molecular flexibility index (Phi) is 2.95. The van der Waals surface area contributed by atoms with Gasteiger partial charge in [-0.15, -0.1) is 0 Å². The van der Waals surface area contributed by atoms with E-state index in [0.29, 0.717) is 0 Å². The molecule has 1 aliphatic rings. The number of fused-ring (bicyclic) bond motifs is 1. The van der Waals surface area contributed by atoms with Gasteiger partial charge in [0.05, 0.1) is 5.69 Å². The maximum absolute atomic E-state index is 4.47. The summed E-state index contributed by atoms with van der Waals surface area (Å²) in [6.07, 6.45) is 2.61. The molecule has 1 aliphatic carbocycles. The Bertz CT molecular complexity index is 495. The first-order valence-corrected chi connectivity index (χ1v) is 6.08. The van der Waals surface area contributed by atoms with Crippen molar-refractivity contribution >= 4 is 5.65 Å². The van der Waals surface area contributed by atoms with E-state index in [9.17, 15) is 0 Å². The molecule has 0 aliphatic heterocycles. The van der Waals surface area contributed by atoms with Crippen LogP contribution >= 0.6 is 0 Å². The Morgan fingerprint density at radius 2 is 1.81 bits per heavy atom. The van der Waals surface area contributed by atoms with Gasteiger partial charge in [0.2, 0.25) is 0 Å². The summed E-state index contributed by atoms with van der Waals surface area (Å²) in [6.45, 7) is 8.06. The molecule has 2 aromatic heterocycles. The lowest BCUT2D eigenvalue weighted by Crippen LogP contribution is -2.00. The predicted molar refractivity (Wildman–Crippen MR) is 65.8 cm³/mol. The van der Waals surface area contributed by atoms with Crippen LogP contribution in [0.25, 0.3) is 5.65 Å². The van der Waals surface area contributed by atoms with Crippen LogP contribution in [0.1, 0.15) is 49.7 Å². The zero-order chi connectivity index (χ0) is 11.7. The van der Waals surface area contributed by atoms with Crippen LogP contribution < -0.4 is 0 Å². The van der Waals surface area contributed by atoms with E-state index in [1.807, 2.05) is 38.3 Å². The Morgan fingerprint density at radius 3 is 2.44 bits per heavy atom. The number of hydrogen-bond donors (Lipinski definition) is 0. The standard InChI is InChI=1S/C11H13N3.C2H6/c1-7-5-10(9-3-4-9)14-11(12-7)6-8(2)13-14;1-2/h5-6,9H,3-4H2,1-2H3;1-2H3. The fraction of sp³-hybridized carbons (Fsp3) is 0.538. The molecule has 0 saturated heterocycles. The van der Waals surface area contributed by atoms with Gasteiger partial charge >= 0.3 is 0 Å². The molecule has 0 unspecified atom stereocenters. The van der Waals surface area contributed by atoms with Crippen molar-refractivity contribution < 1.29 is 0 Å². The molecule has 0 atom stereocenters. The molecule has 1 saturated carbocycles. The fourth-order valence-electron chi connectivity index (χ4n) is 1.91. The molecule has 0 N–H and O–H groups in total. The van der Waals surface area contributed by atoms with Crippen molar-refractivity contribution in [2.45, 2.75) is 46.5 Å². The zero-order valence-corrected chi connectivity index (χ0v) is 10.5. The van der Waals surface area contributed by atoms with Gasteiger partial charge in [0.15, 0.2) is 5.65 Å². The van der Waals surface area contributed by atoms with Crippen molar-refractivity contribution in [2.75, 3.05) is 0 Å². The highest BCUT2D eigenvalue weighted by Gasteiger charge is 2.27. The average Bonchev–Trinajstić information content (AvgIpc) is 3.03. The molecule has 0 bridgehead atoms. The molecule has 3 nitrogen and oxygen atoms in total. The third-order valence-corrected chi connectivity index (χ3v) is 2.70. The predicted octanol–water partition coefficient (Wildman–Crippen LogP) is 3.25. The highest BCUT2D eigenvalue weighted by Crippen LogP contribution is 2.40. The highest BCUT2D eigenvalue weighted by molar-refractivity contribution is 5.42. The van der Waals surface area contributed by atoms with Crippen LogP contribution in [0.3, 0.4) is 0 Å². The first-order valence-electron chi connectivity index (χ1n) is 6.08. The van der Waals surface area contributed by atoms with Crippen LogP contribution in [0, 0.1) is 13.8 Å². The molecule has 0 radical (unpaired) electrons. The molecule has 1 fully saturated rings. The zero-order valence-electron chi connectivity index (χ0n) is 10.5. The smallest absolute Gasteiger partial charge is 0.155 e. The van der Waals surface area contributed by atoms with Crippen LogP contribution in [0.15, 0.2) is 12.1 Å². The number of hydrogen-bond acceptors (Lipinski definition) is 2. The summed E-state index contributed by atoms with van der Waals surface area (Å²) in [5.74, 6) is 0.721. The summed E-state index contributed by atoms with van der Waals surface area (Å²) >= 11 is 0. The Hall–Kier alpha value is -1.38. The molecule has 0 amide bonds. The van der Waals surface area contributed by atoms with Crippen molar-refractivity contribution in [1.29, 1.82) is 0 Å². The lowest BCUT2D eigenvalue weighted by molar-refractivity contribution is 0.824. The number of nitrogens with zero attached hydrogens (tertiary/aromatic N) is 3. The maximum Gasteiger partial charge on any atom is 0.155 e. The minimum absolute atomic E-state index is 0.721. The van der Waals surface area contributed by atoms with Crippen molar-refractivity contribution in [3.63, 3.8) is 0 Å². The van der Waals surface area contributed by atoms with E-state index in [4.69, 9.17) is 0 Å². The normalized spacial score (nSPS) is 14.8. The summed E-state index contributed by atoms with van der Waals surface area (Å²) < 4.78 is 2.00. The van der Waals surface area contributed by atoms with E-state index in [1.165, 1.54) is 18.5 Å². The number of rotatable bonds is 1. The van der Waals surface area contributed by atoms with Crippen molar-refractivity contribution in [1.82, 2.24) is 14.6 Å².